The van der Waals surface area contributed by atoms with Crippen LogP contribution in [0.15, 0.2) is 35.7 Å². The Labute approximate surface area is 146 Å². The second-order valence-corrected chi connectivity index (χ2v) is 5.55. The van der Waals surface area contributed by atoms with Crippen LogP contribution in [0, 0.1) is 18.4 Å². The summed E-state index contributed by atoms with van der Waals surface area (Å²) in [6.07, 6.45) is 6.33. The van der Waals surface area contributed by atoms with Crippen LogP contribution in [0.5, 0.6) is 11.5 Å². The fourth-order valence-corrected chi connectivity index (χ4v) is 2.50. The first kappa shape index (κ1) is 16.6. The topological polar surface area (TPSA) is 96.5 Å². The van der Waals surface area contributed by atoms with Gasteiger partial charge in [-0.25, -0.2) is 4.98 Å². The van der Waals surface area contributed by atoms with Gasteiger partial charge in [-0.2, -0.15) is 5.26 Å². The number of nitrogens with one attached hydrogen (secondary N) is 2. The molecule has 0 unspecified atom stereocenters. The minimum Gasteiger partial charge on any atom is -0.486 e. The SMILES string of the molecule is Cc1cncn1CCCN/C(=N/C#N)Nc1ccc2c(c1)OCCO2. The van der Waals surface area contributed by atoms with Gasteiger partial charge < -0.3 is 24.7 Å². The van der Waals surface area contributed by atoms with Gasteiger partial charge in [0.05, 0.1) is 6.33 Å². The Kier molecular flexibility index (Phi) is 5.36. The van der Waals surface area contributed by atoms with Crippen LogP contribution in [0.25, 0.3) is 0 Å². The van der Waals surface area contributed by atoms with Crippen LogP contribution in [0.3, 0.4) is 0 Å². The van der Waals surface area contributed by atoms with Crippen molar-refractivity contribution < 1.29 is 9.47 Å². The number of nitrogens with zero attached hydrogens (tertiary/aromatic N) is 4. The Balaban J connectivity index is 1.54. The van der Waals surface area contributed by atoms with E-state index < -0.39 is 0 Å². The van der Waals surface area contributed by atoms with E-state index in [2.05, 4.69) is 25.2 Å². The van der Waals surface area contributed by atoms with Crippen LogP contribution in [0.4, 0.5) is 5.69 Å². The van der Waals surface area contributed by atoms with E-state index in [4.69, 9.17) is 14.7 Å². The first-order valence-corrected chi connectivity index (χ1v) is 8.10. The summed E-state index contributed by atoms with van der Waals surface area (Å²) in [5.74, 6) is 1.81. The molecule has 2 heterocycles. The molecule has 8 heteroatoms. The standard InChI is InChI=1S/C17H20N6O2/c1-13-10-19-12-23(13)6-2-5-20-17(21-11-18)22-14-3-4-15-16(9-14)25-8-7-24-15/h3-4,9-10,12H,2,5-8H2,1H3,(H2,20,21,22). The van der Waals surface area contributed by atoms with Crippen molar-refractivity contribution in [2.75, 3.05) is 25.1 Å². The third-order valence-electron chi connectivity index (χ3n) is 3.76. The number of fused-ring (bicyclic) bond motifs is 1. The van der Waals surface area contributed by atoms with E-state index >= 15 is 0 Å². The van der Waals surface area contributed by atoms with Gasteiger partial charge in [-0.05, 0) is 25.5 Å². The van der Waals surface area contributed by atoms with Gasteiger partial charge in [0.2, 0.25) is 12.2 Å². The fraction of sp³-hybridized carbons (Fsp3) is 0.353. The number of imidazole rings is 1. The highest BCUT2D eigenvalue weighted by Gasteiger charge is 2.12. The zero-order chi connectivity index (χ0) is 17.5. The summed E-state index contributed by atoms with van der Waals surface area (Å²) in [6, 6.07) is 5.53. The Morgan fingerprint density at radius 2 is 2.20 bits per heavy atom. The van der Waals surface area contributed by atoms with Crippen LogP contribution in [0.1, 0.15) is 12.1 Å². The minimum atomic E-state index is 0.404. The van der Waals surface area contributed by atoms with Gasteiger partial charge in [-0.3, -0.25) is 0 Å². The Morgan fingerprint density at radius 3 is 2.96 bits per heavy atom. The molecule has 1 aliphatic heterocycles. The quantitative estimate of drug-likeness (QED) is 0.373. The van der Waals surface area contributed by atoms with Crippen LogP contribution >= 0.6 is 0 Å². The molecular formula is C17H20N6O2. The van der Waals surface area contributed by atoms with Gasteiger partial charge in [-0.1, -0.05) is 0 Å². The zero-order valence-electron chi connectivity index (χ0n) is 14.0. The van der Waals surface area contributed by atoms with Crippen molar-refractivity contribution in [3.8, 4) is 17.7 Å². The van der Waals surface area contributed by atoms with Crippen LogP contribution in [0.2, 0.25) is 0 Å². The average Bonchev–Trinajstić information content (AvgIpc) is 3.03. The van der Waals surface area contributed by atoms with E-state index in [9.17, 15) is 0 Å². The largest absolute Gasteiger partial charge is 0.486 e. The maximum atomic E-state index is 8.88. The molecular weight excluding hydrogens is 320 g/mol. The van der Waals surface area contributed by atoms with Gasteiger partial charge in [0.25, 0.3) is 0 Å². The third-order valence-corrected chi connectivity index (χ3v) is 3.76. The molecule has 130 valence electrons. The van der Waals surface area contributed by atoms with Crippen molar-refractivity contribution in [2.45, 2.75) is 19.9 Å². The molecule has 0 bridgehead atoms. The van der Waals surface area contributed by atoms with Crippen LogP contribution in [-0.4, -0.2) is 35.3 Å². The maximum absolute atomic E-state index is 8.88. The van der Waals surface area contributed by atoms with Gasteiger partial charge >= 0.3 is 0 Å². The van der Waals surface area contributed by atoms with Crippen molar-refractivity contribution in [1.82, 2.24) is 14.9 Å². The molecule has 0 saturated heterocycles. The summed E-state index contributed by atoms with van der Waals surface area (Å²) >= 11 is 0. The molecule has 1 aliphatic rings. The second-order valence-electron chi connectivity index (χ2n) is 5.55. The number of anilines is 1. The van der Waals surface area contributed by atoms with Crippen LogP contribution < -0.4 is 20.1 Å². The average molecular weight is 340 g/mol. The number of hydrogen-bond donors (Lipinski definition) is 2. The molecule has 1 aromatic carbocycles. The third kappa shape index (κ3) is 4.41. The van der Waals surface area contributed by atoms with Crippen molar-refractivity contribution in [2.24, 2.45) is 4.99 Å². The molecule has 1 aromatic heterocycles. The Hall–Kier alpha value is -3.21. The first-order valence-electron chi connectivity index (χ1n) is 8.10. The number of benzene rings is 1. The number of aromatic nitrogens is 2. The summed E-state index contributed by atoms with van der Waals surface area (Å²) in [4.78, 5) is 7.89. The lowest BCUT2D eigenvalue weighted by molar-refractivity contribution is 0.171. The van der Waals surface area contributed by atoms with Crippen molar-refractivity contribution in [1.29, 1.82) is 5.26 Å². The summed E-state index contributed by atoms with van der Waals surface area (Å²) in [6.45, 7) is 4.63. The van der Waals surface area contributed by atoms with E-state index in [-0.39, 0.29) is 0 Å². The predicted molar refractivity (Wildman–Crippen MR) is 93.7 cm³/mol. The molecule has 0 saturated carbocycles. The normalized spacial score (nSPS) is 13.2. The van der Waals surface area contributed by atoms with Crippen molar-refractivity contribution >= 4 is 11.6 Å². The van der Waals surface area contributed by atoms with E-state index in [1.54, 1.807) is 6.19 Å². The van der Waals surface area contributed by atoms with Crippen LogP contribution in [-0.2, 0) is 6.54 Å². The first-order chi connectivity index (χ1) is 12.3. The lowest BCUT2D eigenvalue weighted by atomic mass is 10.2. The maximum Gasteiger partial charge on any atom is 0.211 e. The molecule has 0 spiro atoms. The molecule has 2 aromatic rings. The minimum absolute atomic E-state index is 0.404. The van der Waals surface area contributed by atoms with Crippen molar-refractivity contribution in [3.05, 3.63) is 36.4 Å². The number of nitriles is 1. The molecule has 2 N–H and O–H groups in total. The fourth-order valence-electron chi connectivity index (χ4n) is 2.50. The zero-order valence-corrected chi connectivity index (χ0v) is 14.0. The van der Waals surface area contributed by atoms with E-state index in [1.807, 2.05) is 37.6 Å². The highest BCUT2D eigenvalue weighted by molar-refractivity contribution is 5.94. The molecule has 0 aliphatic carbocycles. The highest BCUT2D eigenvalue weighted by Crippen LogP contribution is 2.32. The molecule has 0 amide bonds. The highest BCUT2D eigenvalue weighted by atomic mass is 16.6. The molecule has 25 heavy (non-hydrogen) atoms. The number of ether oxygens (including phenoxy) is 2. The molecule has 0 atom stereocenters. The summed E-state index contributed by atoms with van der Waals surface area (Å²) in [5, 5.41) is 15.1. The summed E-state index contributed by atoms with van der Waals surface area (Å²) in [5.41, 5.74) is 1.90. The lowest BCUT2D eigenvalue weighted by Crippen LogP contribution is -2.32. The smallest absolute Gasteiger partial charge is 0.211 e. The van der Waals surface area contributed by atoms with Gasteiger partial charge in [-0.15, -0.1) is 4.99 Å². The molecule has 3 rings (SSSR count). The van der Waals surface area contributed by atoms with Gasteiger partial charge in [0.15, 0.2) is 11.5 Å². The van der Waals surface area contributed by atoms with E-state index in [0.29, 0.717) is 31.5 Å². The monoisotopic (exact) mass is 340 g/mol. The number of aryl methyl sites for hydroxylation is 2. The van der Waals surface area contributed by atoms with Gasteiger partial charge in [0.1, 0.15) is 13.2 Å². The number of aliphatic imine (C=N–C) groups is 1. The second kappa shape index (κ2) is 8.06. The molecule has 0 radical (unpaired) electrons. The summed E-state index contributed by atoms with van der Waals surface area (Å²) in [7, 11) is 0. The predicted octanol–water partition coefficient (Wildman–Crippen LogP) is 1.89. The Morgan fingerprint density at radius 1 is 1.36 bits per heavy atom. The number of hydrogen-bond acceptors (Lipinski definition) is 5. The van der Waals surface area contributed by atoms with Gasteiger partial charge in [0, 0.05) is 36.7 Å². The Bertz CT molecular complexity index is 793. The van der Waals surface area contributed by atoms with E-state index in [1.165, 1.54) is 0 Å². The van der Waals surface area contributed by atoms with Crippen molar-refractivity contribution in [3.63, 3.8) is 0 Å². The number of guanidine groups is 1. The summed E-state index contributed by atoms with van der Waals surface area (Å²) < 4.78 is 13.1. The lowest BCUT2D eigenvalue weighted by Gasteiger charge is -2.19. The van der Waals surface area contributed by atoms with E-state index in [0.717, 1.165) is 30.1 Å². The number of rotatable bonds is 5. The molecule has 8 nitrogen and oxygen atoms in total. The molecule has 0 fully saturated rings.